The summed E-state index contributed by atoms with van der Waals surface area (Å²) in [4.78, 5) is 6.90. The molecule has 0 aromatic carbocycles. The summed E-state index contributed by atoms with van der Waals surface area (Å²) in [6.45, 7) is 1.92. The van der Waals surface area contributed by atoms with Crippen molar-refractivity contribution in [3.63, 3.8) is 0 Å². The van der Waals surface area contributed by atoms with Gasteiger partial charge in [-0.3, -0.25) is 0 Å². The van der Waals surface area contributed by atoms with Crippen molar-refractivity contribution in [3.8, 4) is 0 Å². The molecule has 1 aliphatic carbocycles. The number of alkyl halides is 3. The van der Waals surface area contributed by atoms with E-state index >= 15 is 0 Å². The van der Waals surface area contributed by atoms with Gasteiger partial charge >= 0.3 is 6.18 Å². The first-order valence-electron chi connectivity index (χ1n) is 5.24. The first-order valence-corrected chi connectivity index (χ1v) is 5.62. The van der Waals surface area contributed by atoms with Gasteiger partial charge in [0.05, 0.1) is 0 Å². The number of anilines is 1. The lowest BCUT2D eigenvalue weighted by molar-refractivity contribution is -0.141. The van der Waals surface area contributed by atoms with E-state index in [0.717, 1.165) is 18.9 Å². The molecule has 0 amide bonds. The predicted molar refractivity (Wildman–Crippen MR) is 57.9 cm³/mol. The molecule has 0 saturated heterocycles. The Morgan fingerprint density at radius 1 is 1.41 bits per heavy atom. The van der Waals surface area contributed by atoms with E-state index in [9.17, 15) is 13.2 Å². The highest BCUT2D eigenvalue weighted by Gasteiger charge is 2.34. The van der Waals surface area contributed by atoms with Crippen molar-refractivity contribution in [2.45, 2.75) is 32.0 Å². The molecule has 0 aliphatic heterocycles. The van der Waals surface area contributed by atoms with Gasteiger partial charge in [0.15, 0.2) is 5.69 Å². The Morgan fingerprint density at radius 3 is 2.59 bits per heavy atom. The molecule has 1 heterocycles. The summed E-state index contributed by atoms with van der Waals surface area (Å²) >= 11 is 5.47. The normalized spacial score (nSPS) is 17.9. The van der Waals surface area contributed by atoms with Crippen LogP contribution in [0.2, 0.25) is 5.28 Å². The third-order valence-electron chi connectivity index (χ3n) is 2.69. The number of halogens is 4. The van der Waals surface area contributed by atoms with E-state index < -0.39 is 17.2 Å². The number of aromatic nitrogens is 2. The van der Waals surface area contributed by atoms with E-state index in [4.69, 9.17) is 11.6 Å². The van der Waals surface area contributed by atoms with Gasteiger partial charge in [0, 0.05) is 12.1 Å². The maximum atomic E-state index is 12.5. The molecule has 3 nitrogen and oxygen atoms in total. The highest BCUT2D eigenvalue weighted by Crippen LogP contribution is 2.34. The molecule has 1 aliphatic rings. The fourth-order valence-corrected chi connectivity index (χ4v) is 1.77. The van der Waals surface area contributed by atoms with Crippen molar-refractivity contribution >= 4 is 17.4 Å². The van der Waals surface area contributed by atoms with Crippen LogP contribution in [0.15, 0.2) is 6.07 Å². The third kappa shape index (κ3) is 3.21. The van der Waals surface area contributed by atoms with Crippen LogP contribution < -0.4 is 5.32 Å². The van der Waals surface area contributed by atoms with Gasteiger partial charge in [0.25, 0.3) is 0 Å². The lowest BCUT2D eigenvalue weighted by atomic mass is 10.2. The lowest BCUT2D eigenvalue weighted by Crippen LogP contribution is -2.19. The second-order valence-electron chi connectivity index (χ2n) is 4.18. The molecule has 0 radical (unpaired) electrons. The van der Waals surface area contributed by atoms with Gasteiger partial charge < -0.3 is 5.32 Å². The van der Waals surface area contributed by atoms with E-state index in [1.54, 1.807) is 0 Å². The summed E-state index contributed by atoms with van der Waals surface area (Å²) in [5.74, 6) is 0.634. The fourth-order valence-electron chi connectivity index (χ4n) is 1.58. The standard InChI is InChI=1S/C10H11ClF3N3/c1-5(6-2-3-6)15-8-4-7(10(12,13)14)16-9(11)17-8/h4-6H,2-3H2,1H3,(H,15,16,17). The van der Waals surface area contributed by atoms with Crippen LogP contribution >= 0.6 is 11.6 Å². The smallest absolute Gasteiger partial charge is 0.367 e. The highest BCUT2D eigenvalue weighted by molar-refractivity contribution is 6.28. The zero-order valence-electron chi connectivity index (χ0n) is 9.05. The zero-order valence-corrected chi connectivity index (χ0v) is 9.81. The fraction of sp³-hybridized carbons (Fsp3) is 0.600. The van der Waals surface area contributed by atoms with Crippen molar-refractivity contribution in [1.82, 2.24) is 9.97 Å². The minimum absolute atomic E-state index is 0.0991. The molecular weight excluding hydrogens is 255 g/mol. The van der Waals surface area contributed by atoms with Gasteiger partial charge in [-0.1, -0.05) is 0 Å². The van der Waals surface area contributed by atoms with E-state index in [0.29, 0.717) is 5.92 Å². The molecule has 1 atom stereocenters. The Kier molecular flexibility index (Phi) is 3.16. The van der Waals surface area contributed by atoms with E-state index in [-0.39, 0.29) is 11.9 Å². The van der Waals surface area contributed by atoms with Gasteiger partial charge in [0.1, 0.15) is 5.82 Å². The van der Waals surface area contributed by atoms with Gasteiger partial charge in [0.2, 0.25) is 5.28 Å². The number of nitrogens with zero attached hydrogens (tertiary/aromatic N) is 2. The summed E-state index contributed by atoms with van der Waals surface area (Å²) in [6, 6.07) is 0.979. The SMILES string of the molecule is CC(Nc1cc(C(F)(F)F)nc(Cl)n1)C1CC1. The van der Waals surface area contributed by atoms with Gasteiger partial charge in [-0.25, -0.2) is 9.97 Å². The molecule has 7 heteroatoms. The molecule has 1 fully saturated rings. The van der Waals surface area contributed by atoms with Crippen molar-refractivity contribution < 1.29 is 13.2 Å². The molecule has 1 unspecified atom stereocenters. The van der Waals surface area contributed by atoms with E-state index in [1.165, 1.54) is 0 Å². The molecule has 0 spiro atoms. The van der Waals surface area contributed by atoms with Crippen molar-refractivity contribution in [2.75, 3.05) is 5.32 Å². The number of hydrogen-bond acceptors (Lipinski definition) is 3. The summed E-state index contributed by atoms with van der Waals surface area (Å²) in [6.07, 6.45) is -2.32. The van der Waals surface area contributed by atoms with Gasteiger partial charge in [-0.2, -0.15) is 13.2 Å². The molecule has 94 valence electrons. The largest absolute Gasteiger partial charge is 0.433 e. The molecule has 0 bridgehead atoms. The Balaban J connectivity index is 2.19. The van der Waals surface area contributed by atoms with Crippen molar-refractivity contribution in [3.05, 3.63) is 17.0 Å². The van der Waals surface area contributed by atoms with Gasteiger partial charge in [-0.05, 0) is 37.3 Å². The summed E-state index contributed by atoms with van der Waals surface area (Å²) in [5.41, 5.74) is -1.03. The molecule has 1 aromatic rings. The zero-order chi connectivity index (χ0) is 12.6. The first kappa shape index (κ1) is 12.4. The quantitative estimate of drug-likeness (QED) is 0.852. The van der Waals surface area contributed by atoms with Crippen molar-refractivity contribution in [2.24, 2.45) is 5.92 Å². The highest BCUT2D eigenvalue weighted by atomic mass is 35.5. The molecule has 1 saturated carbocycles. The molecule has 1 N–H and O–H groups in total. The number of hydrogen-bond donors (Lipinski definition) is 1. The summed E-state index contributed by atoms with van der Waals surface area (Å²) in [7, 11) is 0. The predicted octanol–water partition coefficient (Wildman–Crippen LogP) is 3.36. The maximum Gasteiger partial charge on any atom is 0.433 e. The Hall–Kier alpha value is -1.04. The molecule has 1 aromatic heterocycles. The number of nitrogens with one attached hydrogen (secondary N) is 1. The average molecular weight is 266 g/mol. The molecule has 17 heavy (non-hydrogen) atoms. The van der Waals surface area contributed by atoms with Crippen LogP contribution in [-0.2, 0) is 6.18 Å². The molecule has 2 rings (SSSR count). The van der Waals surface area contributed by atoms with E-state index in [2.05, 4.69) is 15.3 Å². The average Bonchev–Trinajstić information content (AvgIpc) is 2.97. The minimum Gasteiger partial charge on any atom is -0.367 e. The maximum absolute atomic E-state index is 12.5. The minimum atomic E-state index is -4.51. The van der Waals surface area contributed by atoms with E-state index in [1.807, 2.05) is 6.92 Å². The summed E-state index contributed by atoms with van der Waals surface area (Å²) < 4.78 is 37.4. The lowest BCUT2D eigenvalue weighted by Gasteiger charge is -2.14. The monoisotopic (exact) mass is 265 g/mol. The van der Waals surface area contributed by atoms with Crippen LogP contribution in [0.5, 0.6) is 0 Å². The van der Waals surface area contributed by atoms with Crippen LogP contribution in [0.3, 0.4) is 0 Å². The van der Waals surface area contributed by atoms with Crippen LogP contribution in [0, 0.1) is 5.92 Å². The van der Waals surface area contributed by atoms with Crippen LogP contribution in [-0.4, -0.2) is 16.0 Å². The van der Waals surface area contributed by atoms with Crippen molar-refractivity contribution in [1.29, 1.82) is 0 Å². The topological polar surface area (TPSA) is 37.8 Å². The first-order chi connectivity index (χ1) is 7.86. The number of rotatable bonds is 3. The second kappa shape index (κ2) is 4.33. The summed E-state index contributed by atoms with van der Waals surface area (Å²) in [5, 5.41) is 2.52. The van der Waals surface area contributed by atoms with Crippen LogP contribution in [0.1, 0.15) is 25.5 Å². The molecular formula is C10H11ClF3N3. The third-order valence-corrected chi connectivity index (χ3v) is 2.86. The van der Waals surface area contributed by atoms with Crippen LogP contribution in [0.4, 0.5) is 19.0 Å². The van der Waals surface area contributed by atoms with Crippen LogP contribution in [0.25, 0.3) is 0 Å². The second-order valence-corrected chi connectivity index (χ2v) is 4.51. The Bertz CT molecular complexity index is 418. The van der Waals surface area contributed by atoms with Gasteiger partial charge in [-0.15, -0.1) is 0 Å². The Labute approximate surface area is 101 Å². The Morgan fingerprint density at radius 2 is 2.06 bits per heavy atom.